The molecule has 3 aromatic rings. The van der Waals surface area contributed by atoms with Gasteiger partial charge >= 0.3 is 5.97 Å². The first kappa shape index (κ1) is 29.4. The predicted molar refractivity (Wildman–Crippen MR) is 144 cm³/mol. The molecular formula is C30H33F2N3O4. The van der Waals surface area contributed by atoms with Crippen molar-refractivity contribution < 1.29 is 28.3 Å². The lowest BCUT2D eigenvalue weighted by molar-refractivity contribution is -0.138. The Morgan fingerprint density at radius 1 is 0.974 bits per heavy atom. The number of pyridine rings is 1. The first-order valence-corrected chi connectivity index (χ1v) is 12.7. The molecule has 2 aromatic carbocycles. The molecule has 39 heavy (non-hydrogen) atoms. The lowest BCUT2D eigenvalue weighted by Gasteiger charge is -2.25. The largest absolute Gasteiger partial charge is 0.481 e. The molecule has 0 spiro atoms. The average molecular weight is 538 g/mol. The third kappa shape index (κ3) is 7.92. The van der Waals surface area contributed by atoms with E-state index in [1.54, 1.807) is 24.4 Å². The number of carboxylic acid groups (broad SMARTS) is 1. The fraction of sp³-hybridized carbons (Fsp3) is 0.333. The number of carbonyl (C=O) groups excluding carboxylic acids is 2. The highest BCUT2D eigenvalue weighted by atomic mass is 19.2. The van der Waals surface area contributed by atoms with Gasteiger partial charge in [0, 0.05) is 17.5 Å². The number of halogens is 2. The van der Waals surface area contributed by atoms with Gasteiger partial charge in [-0.05, 0) is 72.7 Å². The molecule has 2 amide bonds. The summed E-state index contributed by atoms with van der Waals surface area (Å²) in [6, 6.07) is 10.7. The van der Waals surface area contributed by atoms with E-state index in [4.69, 9.17) is 0 Å². The normalized spacial score (nSPS) is 12.6. The Morgan fingerprint density at radius 3 is 2.26 bits per heavy atom. The second kappa shape index (κ2) is 13.1. The highest BCUT2D eigenvalue weighted by Crippen LogP contribution is 2.33. The molecule has 0 aliphatic carbocycles. The Hall–Kier alpha value is -4.14. The van der Waals surface area contributed by atoms with Gasteiger partial charge in [-0.1, -0.05) is 38.1 Å². The molecule has 0 aliphatic rings. The van der Waals surface area contributed by atoms with Crippen molar-refractivity contribution >= 4 is 17.8 Å². The Morgan fingerprint density at radius 2 is 1.67 bits per heavy atom. The lowest BCUT2D eigenvalue weighted by atomic mass is 9.92. The minimum absolute atomic E-state index is 0.00429. The number of hydrogen-bond acceptors (Lipinski definition) is 4. The zero-order valence-corrected chi connectivity index (χ0v) is 22.4. The predicted octanol–water partition coefficient (Wildman–Crippen LogP) is 5.05. The average Bonchev–Trinajstić information content (AvgIpc) is 2.85. The molecule has 9 heteroatoms. The highest BCUT2D eigenvalue weighted by molar-refractivity contribution is 5.89. The summed E-state index contributed by atoms with van der Waals surface area (Å²) >= 11 is 0. The van der Waals surface area contributed by atoms with Gasteiger partial charge < -0.3 is 15.7 Å². The van der Waals surface area contributed by atoms with E-state index < -0.39 is 47.9 Å². The number of rotatable bonds is 11. The van der Waals surface area contributed by atoms with E-state index in [2.05, 4.69) is 15.6 Å². The molecule has 2 atom stereocenters. The van der Waals surface area contributed by atoms with Crippen LogP contribution in [0.5, 0.6) is 0 Å². The summed E-state index contributed by atoms with van der Waals surface area (Å²) in [7, 11) is 0. The summed E-state index contributed by atoms with van der Waals surface area (Å²) in [5, 5.41) is 14.8. The van der Waals surface area contributed by atoms with Crippen LogP contribution in [0.3, 0.4) is 0 Å². The molecule has 0 unspecified atom stereocenters. The Labute approximate surface area is 226 Å². The second-order valence-corrected chi connectivity index (χ2v) is 10.0. The van der Waals surface area contributed by atoms with Crippen LogP contribution in [0.1, 0.15) is 55.1 Å². The number of hydrogen-bond donors (Lipinski definition) is 3. The molecule has 7 nitrogen and oxygen atoms in total. The molecule has 0 fully saturated rings. The highest BCUT2D eigenvalue weighted by Gasteiger charge is 2.29. The third-order valence-corrected chi connectivity index (χ3v) is 6.32. The van der Waals surface area contributed by atoms with Crippen molar-refractivity contribution in [3.8, 4) is 11.1 Å². The standard InChI is InChI=1S/C30H33F2N3O4/c1-17(2)12-25(34-26(36)15-21-10-5-6-11-33-21)30(39)35-24(16-27(37)38)22-13-20(14-23(31)29(22)32)28-18(3)8-7-9-19(28)4/h5-11,13-14,17,24-25H,12,15-16H2,1-4H3,(H,34,36)(H,35,39)(H,37,38)/t24-,25-/m0/s1. The van der Waals surface area contributed by atoms with Gasteiger partial charge in [0.05, 0.1) is 18.9 Å². The molecule has 1 heterocycles. The van der Waals surface area contributed by atoms with E-state index in [1.165, 1.54) is 6.07 Å². The summed E-state index contributed by atoms with van der Waals surface area (Å²) in [4.78, 5) is 41.8. The second-order valence-electron chi connectivity index (χ2n) is 10.0. The molecule has 0 radical (unpaired) electrons. The van der Waals surface area contributed by atoms with Crippen molar-refractivity contribution in [1.82, 2.24) is 15.6 Å². The van der Waals surface area contributed by atoms with Crippen molar-refractivity contribution in [2.45, 2.75) is 59.0 Å². The van der Waals surface area contributed by atoms with Gasteiger partial charge in [0.1, 0.15) is 6.04 Å². The van der Waals surface area contributed by atoms with Gasteiger partial charge in [-0.3, -0.25) is 19.4 Å². The van der Waals surface area contributed by atoms with Crippen molar-refractivity contribution in [2.24, 2.45) is 5.92 Å². The van der Waals surface area contributed by atoms with Gasteiger partial charge in [-0.25, -0.2) is 8.78 Å². The summed E-state index contributed by atoms with van der Waals surface area (Å²) in [6.45, 7) is 7.40. The first-order valence-electron chi connectivity index (χ1n) is 12.7. The molecule has 0 saturated carbocycles. The number of benzene rings is 2. The van der Waals surface area contributed by atoms with Crippen LogP contribution in [0, 0.1) is 31.4 Å². The third-order valence-electron chi connectivity index (χ3n) is 6.32. The summed E-state index contributed by atoms with van der Waals surface area (Å²) in [5.41, 5.74) is 2.95. The smallest absolute Gasteiger partial charge is 0.305 e. The van der Waals surface area contributed by atoms with Crippen LogP contribution in [0.25, 0.3) is 11.1 Å². The van der Waals surface area contributed by atoms with Crippen LogP contribution in [-0.2, 0) is 20.8 Å². The Balaban J connectivity index is 1.93. The number of aromatic nitrogens is 1. The van der Waals surface area contributed by atoms with Crippen LogP contribution in [0.2, 0.25) is 0 Å². The van der Waals surface area contributed by atoms with Crippen LogP contribution >= 0.6 is 0 Å². The molecule has 3 N–H and O–H groups in total. The SMILES string of the molecule is Cc1cccc(C)c1-c1cc(F)c(F)c([C@H](CC(=O)O)NC(=O)[C@H](CC(C)C)NC(=O)Cc2ccccn2)c1. The fourth-order valence-electron chi connectivity index (χ4n) is 4.58. The minimum Gasteiger partial charge on any atom is -0.481 e. The van der Waals surface area contributed by atoms with Crippen molar-refractivity contribution in [2.75, 3.05) is 0 Å². The zero-order valence-electron chi connectivity index (χ0n) is 22.4. The maximum absolute atomic E-state index is 15.1. The molecule has 0 aliphatic heterocycles. The Bertz CT molecular complexity index is 1330. The number of nitrogens with zero attached hydrogens (tertiary/aromatic N) is 1. The Kier molecular flexibility index (Phi) is 9.87. The van der Waals surface area contributed by atoms with Crippen LogP contribution in [-0.4, -0.2) is 33.9 Å². The van der Waals surface area contributed by atoms with Crippen molar-refractivity contribution in [3.63, 3.8) is 0 Å². The number of carboxylic acids is 1. The molecular weight excluding hydrogens is 504 g/mol. The van der Waals surface area contributed by atoms with E-state index in [0.29, 0.717) is 16.8 Å². The van der Waals surface area contributed by atoms with E-state index in [1.807, 2.05) is 45.9 Å². The molecule has 3 rings (SSSR count). The van der Waals surface area contributed by atoms with Crippen LogP contribution < -0.4 is 10.6 Å². The number of nitrogens with one attached hydrogen (secondary N) is 2. The van der Waals surface area contributed by atoms with Gasteiger partial charge in [0.2, 0.25) is 11.8 Å². The number of carbonyl (C=O) groups is 3. The van der Waals surface area contributed by atoms with Gasteiger partial charge in [-0.15, -0.1) is 0 Å². The van der Waals surface area contributed by atoms with E-state index >= 15 is 4.39 Å². The van der Waals surface area contributed by atoms with Gasteiger partial charge in [0.25, 0.3) is 0 Å². The van der Waals surface area contributed by atoms with E-state index in [-0.39, 0.29) is 24.3 Å². The molecule has 206 valence electrons. The summed E-state index contributed by atoms with van der Waals surface area (Å²) < 4.78 is 30.0. The minimum atomic E-state index is -1.38. The number of aryl methyl sites for hydroxylation is 2. The molecule has 0 saturated heterocycles. The fourth-order valence-corrected chi connectivity index (χ4v) is 4.58. The van der Waals surface area contributed by atoms with Gasteiger partial charge in [0.15, 0.2) is 11.6 Å². The topological polar surface area (TPSA) is 108 Å². The summed E-state index contributed by atoms with van der Waals surface area (Å²) in [6.07, 6.45) is 1.06. The molecule has 1 aromatic heterocycles. The summed E-state index contributed by atoms with van der Waals surface area (Å²) in [5.74, 6) is -4.85. The quantitative estimate of drug-likeness (QED) is 0.317. The maximum Gasteiger partial charge on any atom is 0.305 e. The number of aliphatic carboxylic acids is 1. The van der Waals surface area contributed by atoms with Crippen LogP contribution in [0.15, 0.2) is 54.7 Å². The van der Waals surface area contributed by atoms with Gasteiger partial charge in [-0.2, -0.15) is 0 Å². The van der Waals surface area contributed by atoms with Crippen molar-refractivity contribution in [1.29, 1.82) is 0 Å². The monoisotopic (exact) mass is 537 g/mol. The maximum atomic E-state index is 15.1. The first-order chi connectivity index (χ1) is 18.5. The van der Waals surface area contributed by atoms with Crippen LogP contribution in [0.4, 0.5) is 8.78 Å². The number of amides is 2. The van der Waals surface area contributed by atoms with E-state index in [9.17, 15) is 23.9 Å². The zero-order chi connectivity index (χ0) is 28.7. The van der Waals surface area contributed by atoms with E-state index in [0.717, 1.165) is 17.2 Å². The lowest BCUT2D eigenvalue weighted by Crippen LogP contribution is -2.49. The van der Waals surface area contributed by atoms with Crippen molar-refractivity contribution in [3.05, 3.63) is 88.7 Å². The molecule has 0 bridgehead atoms.